The molecule has 0 spiro atoms. The van der Waals surface area contributed by atoms with Crippen LogP contribution in [0.3, 0.4) is 0 Å². The summed E-state index contributed by atoms with van der Waals surface area (Å²) in [5, 5.41) is 9.39. The molecule has 5 heteroatoms. The first-order valence-corrected chi connectivity index (χ1v) is 7.87. The van der Waals surface area contributed by atoms with Crippen LogP contribution in [0.2, 0.25) is 10.0 Å². The second-order valence-electron chi connectivity index (χ2n) is 5.31. The molecule has 0 bridgehead atoms. The molecule has 21 heavy (non-hydrogen) atoms. The third-order valence-electron chi connectivity index (χ3n) is 3.64. The number of halogens is 2. The SMILES string of the molecule is CCNC(Cc1c(Cl)c(C)nn1C)c1ccc(C)cc1Cl. The Hall–Kier alpha value is -1.03. The number of hydrogen-bond donors (Lipinski definition) is 1. The van der Waals surface area contributed by atoms with Gasteiger partial charge >= 0.3 is 0 Å². The highest BCUT2D eigenvalue weighted by Gasteiger charge is 2.19. The van der Waals surface area contributed by atoms with E-state index in [0.717, 1.165) is 45.5 Å². The monoisotopic (exact) mass is 325 g/mol. The molecule has 114 valence electrons. The van der Waals surface area contributed by atoms with Gasteiger partial charge in [-0.2, -0.15) is 5.10 Å². The maximum Gasteiger partial charge on any atom is 0.0847 e. The van der Waals surface area contributed by atoms with Gasteiger partial charge < -0.3 is 5.32 Å². The predicted molar refractivity (Wildman–Crippen MR) is 89.3 cm³/mol. The van der Waals surface area contributed by atoms with Crippen molar-refractivity contribution in [3.05, 3.63) is 50.8 Å². The molecule has 2 aromatic rings. The summed E-state index contributed by atoms with van der Waals surface area (Å²) >= 11 is 12.8. The first-order chi connectivity index (χ1) is 9.93. The van der Waals surface area contributed by atoms with Crippen molar-refractivity contribution < 1.29 is 0 Å². The summed E-state index contributed by atoms with van der Waals surface area (Å²) in [5.41, 5.74) is 4.14. The van der Waals surface area contributed by atoms with Crippen molar-refractivity contribution in [2.45, 2.75) is 33.2 Å². The molecule has 0 aliphatic heterocycles. The Kier molecular flexibility index (Phi) is 5.31. The zero-order valence-corrected chi connectivity index (χ0v) is 14.4. The average Bonchev–Trinajstić information content (AvgIpc) is 2.65. The quantitative estimate of drug-likeness (QED) is 0.891. The van der Waals surface area contributed by atoms with Gasteiger partial charge in [0.2, 0.25) is 0 Å². The number of benzene rings is 1. The fourth-order valence-corrected chi connectivity index (χ4v) is 3.15. The van der Waals surface area contributed by atoms with Crippen molar-refractivity contribution in [3.63, 3.8) is 0 Å². The van der Waals surface area contributed by atoms with Gasteiger partial charge in [0.25, 0.3) is 0 Å². The lowest BCUT2D eigenvalue weighted by Gasteiger charge is -2.20. The van der Waals surface area contributed by atoms with E-state index in [2.05, 4.69) is 29.5 Å². The lowest BCUT2D eigenvalue weighted by atomic mass is 10.00. The summed E-state index contributed by atoms with van der Waals surface area (Å²) in [6.45, 7) is 6.92. The van der Waals surface area contributed by atoms with Gasteiger partial charge in [-0.1, -0.05) is 42.3 Å². The summed E-state index contributed by atoms with van der Waals surface area (Å²) < 4.78 is 1.85. The van der Waals surface area contributed by atoms with E-state index in [1.165, 1.54) is 0 Å². The maximum atomic E-state index is 6.42. The minimum Gasteiger partial charge on any atom is -0.310 e. The Morgan fingerprint density at radius 3 is 2.52 bits per heavy atom. The van der Waals surface area contributed by atoms with E-state index in [1.54, 1.807) is 0 Å². The van der Waals surface area contributed by atoms with Gasteiger partial charge in [0.1, 0.15) is 0 Å². The molecule has 0 aliphatic rings. The van der Waals surface area contributed by atoms with Gasteiger partial charge in [-0.25, -0.2) is 0 Å². The van der Waals surface area contributed by atoms with E-state index >= 15 is 0 Å². The van der Waals surface area contributed by atoms with E-state index in [1.807, 2.05) is 31.6 Å². The highest BCUT2D eigenvalue weighted by Crippen LogP contribution is 2.29. The number of nitrogens with one attached hydrogen (secondary N) is 1. The standard InChI is InChI=1S/C16H21Cl2N3/c1-5-19-14(12-7-6-10(2)8-13(12)17)9-15-16(18)11(3)20-21(15)4/h6-8,14,19H,5,9H2,1-4H3. The largest absolute Gasteiger partial charge is 0.310 e. The van der Waals surface area contributed by atoms with Crippen LogP contribution >= 0.6 is 23.2 Å². The second kappa shape index (κ2) is 6.82. The number of hydrogen-bond acceptors (Lipinski definition) is 2. The highest BCUT2D eigenvalue weighted by molar-refractivity contribution is 6.32. The number of aryl methyl sites for hydroxylation is 3. The predicted octanol–water partition coefficient (Wildman–Crippen LogP) is 4.24. The Bertz CT molecular complexity index is 635. The van der Waals surface area contributed by atoms with Crippen LogP contribution in [0.15, 0.2) is 18.2 Å². The van der Waals surface area contributed by atoms with Gasteiger partial charge in [-0.3, -0.25) is 4.68 Å². The van der Waals surface area contributed by atoms with Gasteiger partial charge in [-0.15, -0.1) is 0 Å². The van der Waals surface area contributed by atoms with E-state index in [4.69, 9.17) is 23.2 Å². The van der Waals surface area contributed by atoms with Crippen molar-refractivity contribution in [1.29, 1.82) is 0 Å². The molecular weight excluding hydrogens is 305 g/mol. The minimum atomic E-state index is 0.121. The fourth-order valence-electron chi connectivity index (χ4n) is 2.55. The zero-order valence-electron chi connectivity index (χ0n) is 12.9. The average molecular weight is 326 g/mol. The van der Waals surface area contributed by atoms with Gasteiger partial charge in [0.15, 0.2) is 0 Å². The Labute approximate surface area is 136 Å². The van der Waals surface area contributed by atoms with Crippen LogP contribution in [-0.4, -0.2) is 16.3 Å². The molecule has 0 aliphatic carbocycles. The lowest BCUT2D eigenvalue weighted by molar-refractivity contribution is 0.529. The van der Waals surface area contributed by atoms with E-state index < -0.39 is 0 Å². The molecule has 0 saturated carbocycles. The topological polar surface area (TPSA) is 29.9 Å². The minimum absolute atomic E-state index is 0.121. The number of likely N-dealkylation sites (N-methyl/N-ethyl adjacent to an activating group) is 1. The summed E-state index contributed by atoms with van der Waals surface area (Å²) in [7, 11) is 1.92. The molecule has 2 rings (SSSR count). The molecule has 0 amide bonds. The number of nitrogens with zero attached hydrogens (tertiary/aromatic N) is 2. The molecule has 1 unspecified atom stereocenters. The third kappa shape index (κ3) is 3.60. The Morgan fingerprint density at radius 2 is 2.00 bits per heavy atom. The summed E-state index contributed by atoms with van der Waals surface area (Å²) in [4.78, 5) is 0. The molecule has 3 nitrogen and oxygen atoms in total. The highest BCUT2D eigenvalue weighted by atomic mass is 35.5. The van der Waals surface area contributed by atoms with Gasteiger partial charge in [0, 0.05) is 24.5 Å². The van der Waals surface area contributed by atoms with Crippen LogP contribution in [0, 0.1) is 13.8 Å². The second-order valence-corrected chi connectivity index (χ2v) is 6.09. The van der Waals surface area contributed by atoms with Crippen LogP contribution < -0.4 is 5.32 Å². The molecule has 0 saturated heterocycles. The first-order valence-electron chi connectivity index (χ1n) is 7.11. The smallest absolute Gasteiger partial charge is 0.0847 e. The maximum absolute atomic E-state index is 6.42. The zero-order chi connectivity index (χ0) is 15.6. The number of aromatic nitrogens is 2. The first kappa shape index (κ1) is 16.3. The summed E-state index contributed by atoms with van der Waals surface area (Å²) in [6, 6.07) is 6.29. The van der Waals surface area contributed by atoms with Crippen molar-refractivity contribution in [1.82, 2.24) is 15.1 Å². The van der Waals surface area contributed by atoms with Crippen molar-refractivity contribution in [2.24, 2.45) is 7.05 Å². The van der Waals surface area contributed by atoms with E-state index in [9.17, 15) is 0 Å². The van der Waals surface area contributed by atoms with E-state index in [0.29, 0.717) is 0 Å². The summed E-state index contributed by atoms with van der Waals surface area (Å²) in [5.74, 6) is 0. The molecule has 0 fully saturated rings. The van der Waals surface area contributed by atoms with Crippen LogP contribution in [-0.2, 0) is 13.5 Å². The summed E-state index contributed by atoms with van der Waals surface area (Å²) in [6.07, 6.45) is 0.757. The molecular formula is C16H21Cl2N3. The van der Waals surface area contributed by atoms with Crippen molar-refractivity contribution in [2.75, 3.05) is 6.54 Å². The Balaban J connectivity index is 2.35. The molecule has 0 radical (unpaired) electrons. The molecule has 1 atom stereocenters. The molecule has 1 aromatic heterocycles. The van der Waals surface area contributed by atoms with E-state index in [-0.39, 0.29) is 6.04 Å². The van der Waals surface area contributed by atoms with Gasteiger partial charge in [-0.05, 0) is 37.6 Å². The van der Waals surface area contributed by atoms with Crippen molar-refractivity contribution >= 4 is 23.2 Å². The number of rotatable bonds is 5. The normalized spacial score (nSPS) is 12.7. The molecule has 1 N–H and O–H groups in total. The van der Waals surface area contributed by atoms with Crippen LogP contribution in [0.4, 0.5) is 0 Å². The van der Waals surface area contributed by atoms with Crippen molar-refractivity contribution in [3.8, 4) is 0 Å². The lowest BCUT2D eigenvalue weighted by Crippen LogP contribution is -2.24. The van der Waals surface area contributed by atoms with Crippen LogP contribution in [0.1, 0.15) is 35.5 Å². The van der Waals surface area contributed by atoms with Crippen LogP contribution in [0.5, 0.6) is 0 Å². The van der Waals surface area contributed by atoms with Gasteiger partial charge in [0.05, 0.1) is 16.4 Å². The third-order valence-corrected chi connectivity index (χ3v) is 4.46. The molecule has 1 heterocycles. The molecule has 1 aromatic carbocycles. The fraction of sp³-hybridized carbons (Fsp3) is 0.438. The van der Waals surface area contributed by atoms with Crippen LogP contribution in [0.25, 0.3) is 0 Å². The Morgan fingerprint density at radius 1 is 1.29 bits per heavy atom.